The maximum atomic E-state index is 4.24. The van der Waals surface area contributed by atoms with Gasteiger partial charge in [-0.3, -0.25) is 0 Å². The monoisotopic (exact) mass is 142 g/mol. The average molecular weight is 142 g/mol. The van der Waals surface area contributed by atoms with Crippen LogP contribution in [0.4, 0.5) is 0 Å². The maximum Gasteiger partial charge on any atom is 0.0921 e. The maximum absolute atomic E-state index is 4.24. The lowest BCUT2D eigenvalue weighted by molar-refractivity contribution is 0.918. The van der Waals surface area contributed by atoms with Crippen LogP contribution in [0.15, 0.2) is 12.5 Å². The van der Waals surface area contributed by atoms with Gasteiger partial charge >= 0.3 is 0 Å². The molecule has 0 spiro atoms. The summed E-state index contributed by atoms with van der Waals surface area (Å²) in [6.07, 6.45) is 4.47. The summed E-state index contributed by atoms with van der Waals surface area (Å²) in [4.78, 5) is 6.89. The molecule has 0 fully saturated rings. The number of hydrogen-bond donors (Lipinski definition) is 2. The summed E-state index contributed by atoms with van der Waals surface area (Å²) < 4.78 is 0. The van der Waals surface area contributed by atoms with E-state index >= 15 is 0 Å². The van der Waals surface area contributed by atoms with Gasteiger partial charge in [0.25, 0.3) is 0 Å². The topological polar surface area (TPSA) is 28.7 Å². The van der Waals surface area contributed by atoms with E-state index < -0.39 is 0 Å². The van der Waals surface area contributed by atoms with Crippen LogP contribution in [0.2, 0.25) is 0 Å². The summed E-state index contributed by atoms with van der Waals surface area (Å²) in [6, 6.07) is 0. The normalized spacial score (nSPS) is 13.6. The Hall–Kier alpha value is -0.440. The van der Waals surface area contributed by atoms with Crippen molar-refractivity contribution in [2.24, 2.45) is 0 Å². The fourth-order valence-corrected chi connectivity index (χ4v) is 0.911. The first kappa shape index (κ1) is 6.68. The fraction of sp³-hybridized carbons (Fsp3) is 0.500. The fourth-order valence-electron chi connectivity index (χ4n) is 0.715. The van der Waals surface area contributed by atoms with Gasteiger partial charge in [0.05, 0.1) is 6.33 Å². The van der Waals surface area contributed by atoms with Crippen molar-refractivity contribution in [1.82, 2.24) is 9.97 Å². The predicted molar refractivity (Wildman–Crippen MR) is 40.7 cm³/mol. The van der Waals surface area contributed by atoms with Gasteiger partial charge in [-0.15, -0.1) is 0 Å². The molecule has 1 rings (SSSR count). The Balaban J connectivity index is 2.48. The average Bonchev–Trinajstić information content (AvgIpc) is 2.15. The second kappa shape index (κ2) is 2.92. The number of thiol groups is 1. The van der Waals surface area contributed by atoms with E-state index in [1.165, 1.54) is 0 Å². The number of H-pyrrole nitrogens is 1. The molecule has 50 valence electrons. The lowest BCUT2D eigenvalue weighted by Gasteiger charge is -1.97. The van der Waals surface area contributed by atoms with E-state index in [-0.39, 0.29) is 0 Å². The quantitative estimate of drug-likeness (QED) is 0.598. The zero-order valence-corrected chi connectivity index (χ0v) is 6.23. The minimum absolute atomic E-state index is 0.408. The molecule has 0 saturated carbocycles. The minimum atomic E-state index is 0.408. The Bertz CT molecular complexity index is 158. The van der Waals surface area contributed by atoms with Crippen molar-refractivity contribution in [2.75, 3.05) is 0 Å². The first-order chi connectivity index (χ1) is 4.29. The number of rotatable bonds is 2. The van der Waals surface area contributed by atoms with Crippen LogP contribution in [-0.2, 0) is 6.42 Å². The molecule has 0 aliphatic carbocycles. The van der Waals surface area contributed by atoms with E-state index in [1.54, 1.807) is 6.33 Å². The van der Waals surface area contributed by atoms with Gasteiger partial charge in [0.15, 0.2) is 0 Å². The third-order valence-corrected chi connectivity index (χ3v) is 1.25. The van der Waals surface area contributed by atoms with Gasteiger partial charge in [-0.1, -0.05) is 6.92 Å². The molecule has 1 N–H and O–H groups in total. The van der Waals surface area contributed by atoms with Crippen molar-refractivity contribution >= 4 is 12.6 Å². The number of aromatic amines is 1. The lowest BCUT2D eigenvalue weighted by atomic mass is 10.3. The number of hydrogen-bond acceptors (Lipinski definition) is 2. The predicted octanol–water partition coefficient (Wildman–Crippen LogP) is 1.27. The van der Waals surface area contributed by atoms with Crippen LogP contribution in [0.5, 0.6) is 0 Å². The van der Waals surface area contributed by atoms with Gasteiger partial charge in [0.2, 0.25) is 0 Å². The summed E-state index contributed by atoms with van der Waals surface area (Å²) in [5, 5.41) is 0.408. The number of nitrogens with zero attached hydrogens (tertiary/aromatic N) is 1. The second-order valence-corrected chi connectivity index (χ2v) is 3.01. The van der Waals surface area contributed by atoms with Crippen molar-refractivity contribution in [3.05, 3.63) is 18.2 Å². The summed E-state index contributed by atoms with van der Waals surface area (Å²) in [5.74, 6) is 0. The molecule has 0 amide bonds. The lowest BCUT2D eigenvalue weighted by Crippen LogP contribution is -1.96. The first-order valence-electron chi connectivity index (χ1n) is 2.94. The number of aromatic nitrogens is 2. The molecule has 0 radical (unpaired) electrons. The Morgan fingerprint density at radius 1 is 1.89 bits per heavy atom. The van der Waals surface area contributed by atoms with Crippen LogP contribution in [0.1, 0.15) is 12.6 Å². The van der Waals surface area contributed by atoms with Gasteiger partial charge in [0, 0.05) is 23.6 Å². The van der Waals surface area contributed by atoms with E-state index in [0.29, 0.717) is 5.25 Å². The summed E-state index contributed by atoms with van der Waals surface area (Å²) in [7, 11) is 0. The van der Waals surface area contributed by atoms with Gasteiger partial charge < -0.3 is 4.98 Å². The van der Waals surface area contributed by atoms with Crippen LogP contribution < -0.4 is 0 Å². The molecule has 0 saturated heterocycles. The molecular weight excluding hydrogens is 132 g/mol. The molecule has 1 aromatic heterocycles. The molecule has 0 aliphatic heterocycles. The van der Waals surface area contributed by atoms with E-state index in [4.69, 9.17) is 0 Å². The van der Waals surface area contributed by atoms with Crippen LogP contribution in [0.3, 0.4) is 0 Å². The Kier molecular flexibility index (Phi) is 2.16. The zero-order chi connectivity index (χ0) is 6.69. The van der Waals surface area contributed by atoms with Crippen molar-refractivity contribution in [2.45, 2.75) is 18.6 Å². The smallest absolute Gasteiger partial charge is 0.0921 e. The van der Waals surface area contributed by atoms with Crippen LogP contribution in [0, 0.1) is 0 Å². The van der Waals surface area contributed by atoms with E-state index in [0.717, 1.165) is 12.1 Å². The second-order valence-electron chi connectivity index (χ2n) is 2.13. The van der Waals surface area contributed by atoms with Gasteiger partial charge in [-0.05, 0) is 0 Å². The van der Waals surface area contributed by atoms with E-state index in [9.17, 15) is 0 Å². The molecule has 0 aromatic carbocycles. The van der Waals surface area contributed by atoms with Crippen molar-refractivity contribution in [3.8, 4) is 0 Å². The zero-order valence-electron chi connectivity index (χ0n) is 5.33. The summed E-state index contributed by atoms with van der Waals surface area (Å²) in [6.45, 7) is 2.06. The highest BCUT2D eigenvalue weighted by Crippen LogP contribution is 2.01. The Morgan fingerprint density at radius 3 is 3.11 bits per heavy atom. The SMILES string of the molecule is C[C@H](S)Cc1cnc[nH]1. The van der Waals surface area contributed by atoms with Crippen molar-refractivity contribution in [1.29, 1.82) is 0 Å². The van der Waals surface area contributed by atoms with Crippen molar-refractivity contribution in [3.63, 3.8) is 0 Å². The molecule has 3 heteroatoms. The van der Waals surface area contributed by atoms with Gasteiger partial charge in [-0.25, -0.2) is 4.98 Å². The minimum Gasteiger partial charge on any atom is -0.348 e. The molecular formula is C6H10N2S. The van der Waals surface area contributed by atoms with Gasteiger partial charge in [-0.2, -0.15) is 12.6 Å². The van der Waals surface area contributed by atoms with Crippen molar-refractivity contribution < 1.29 is 0 Å². The van der Waals surface area contributed by atoms with E-state index in [1.807, 2.05) is 6.20 Å². The number of nitrogens with one attached hydrogen (secondary N) is 1. The Labute approximate surface area is 60.1 Å². The largest absolute Gasteiger partial charge is 0.348 e. The van der Waals surface area contributed by atoms with E-state index in [2.05, 4.69) is 29.5 Å². The molecule has 0 unspecified atom stereocenters. The number of imidazole rings is 1. The summed E-state index contributed by atoms with van der Waals surface area (Å²) in [5.41, 5.74) is 1.15. The molecule has 2 nitrogen and oxygen atoms in total. The standard InChI is InChI=1S/C6H10N2S/c1-5(9)2-6-3-7-4-8-6/h3-5,9H,2H2,1H3,(H,7,8)/t5-/m0/s1. The van der Waals surface area contributed by atoms with Crippen LogP contribution >= 0.6 is 12.6 Å². The molecule has 1 heterocycles. The van der Waals surface area contributed by atoms with Gasteiger partial charge in [0.1, 0.15) is 0 Å². The third-order valence-electron chi connectivity index (χ3n) is 1.07. The molecule has 1 aromatic rings. The highest BCUT2D eigenvalue weighted by Gasteiger charge is 1.96. The highest BCUT2D eigenvalue weighted by molar-refractivity contribution is 7.80. The third kappa shape index (κ3) is 2.10. The summed E-state index contributed by atoms with van der Waals surface area (Å²) >= 11 is 4.24. The molecule has 1 atom stereocenters. The Morgan fingerprint density at radius 2 is 2.67 bits per heavy atom. The molecule has 0 bridgehead atoms. The molecule has 0 aliphatic rings. The first-order valence-corrected chi connectivity index (χ1v) is 3.46. The highest BCUT2D eigenvalue weighted by atomic mass is 32.1. The van der Waals surface area contributed by atoms with Crippen LogP contribution in [-0.4, -0.2) is 15.2 Å². The van der Waals surface area contributed by atoms with Crippen LogP contribution in [0.25, 0.3) is 0 Å². The molecule has 9 heavy (non-hydrogen) atoms.